The molecule has 0 radical (unpaired) electrons. The van der Waals surface area contributed by atoms with E-state index in [9.17, 15) is 14.7 Å². The van der Waals surface area contributed by atoms with E-state index >= 15 is 0 Å². The summed E-state index contributed by atoms with van der Waals surface area (Å²) < 4.78 is 0. The molecular weight excluding hydrogens is 244 g/mol. The van der Waals surface area contributed by atoms with Gasteiger partial charge < -0.3 is 14.9 Å². The maximum absolute atomic E-state index is 12.1. The molecule has 0 bridgehead atoms. The molecule has 0 aromatic rings. The van der Waals surface area contributed by atoms with Crippen molar-refractivity contribution in [2.75, 3.05) is 20.6 Å². The SMILES string of the molecule is CN(C)C=C1CC(C(C)(C)C)N(C(=O)O)CCC1=O. The first-order valence-electron chi connectivity index (χ1n) is 6.53. The molecule has 1 atom stereocenters. The van der Waals surface area contributed by atoms with Crippen molar-refractivity contribution in [1.29, 1.82) is 0 Å². The standard InChI is InChI=1S/C14H24N2O3/c1-14(2,3)12-8-10(9-15(4)5)11(17)6-7-16(12)13(18)19/h9,12H,6-8H2,1-5H3,(H,18,19). The molecule has 1 N–H and O–H groups in total. The second-order valence-corrected chi connectivity index (χ2v) is 6.35. The van der Waals surface area contributed by atoms with E-state index in [1.165, 1.54) is 4.90 Å². The van der Waals surface area contributed by atoms with Crippen molar-refractivity contribution < 1.29 is 14.7 Å². The highest BCUT2D eigenvalue weighted by Crippen LogP contribution is 2.32. The Bertz CT molecular complexity index is 394. The quantitative estimate of drug-likeness (QED) is 0.741. The van der Waals surface area contributed by atoms with Gasteiger partial charge in [-0.25, -0.2) is 4.79 Å². The van der Waals surface area contributed by atoms with Crippen molar-refractivity contribution in [2.45, 2.75) is 39.7 Å². The number of likely N-dealkylation sites (tertiary alicyclic amines) is 1. The number of ketones is 1. The zero-order valence-electron chi connectivity index (χ0n) is 12.4. The molecule has 0 aromatic heterocycles. The van der Waals surface area contributed by atoms with Gasteiger partial charge in [0.2, 0.25) is 0 Å². The van der Waals surface area contributed by atoms with E-state index in [-0.39, 0.29) is 30.2 Å². The van der Waals surface area contributed by atoms with E-state index in [4.69, 9.17) is 0 Å². The first-order chi connectivity index (χ1) is 8.62. The minimum absolute atomic E-state index is 0.0479. The summed E-state index contributed by atoms with van der Waals surface area (Å²) in [7, 11) is 3.73. The average molecular weight is 268 g/mol. The van der Waals surface area contributed by atoms with Gasteiger partial charge in [-0.05, 0) is 11.8 Å². The van der Waals surface area contributed by atoms with Crippen molar-refractivity contribution in [3.05, 3.63) is 11.8 Å². The molecule has 1 aliphatic heterocycles. The maximum Gasteiger partial charge on any atom is 0.407 e. The number of hydrogen-bond donors (Lipinski definition) is 1. The fraction of sp³-hybridized carbons (Fsp3) is 0.714. The number of carboxylic acid groups (broad SMARTS) is 1. The summed E-state index contributed by atoms with van der Waals surface area (Å²) in [5.41, 5.74) is 0.516. The molecule has 5 heteroatoms. The summed E-state index contributed by atoms with van der Waals surface area (Å²) in [5.74, 6) is 0.0479. The molecule has 1 saturated heterocycles. The molecular formula is C14H24N2O3. The minimum atomic E-state index is -0.946. The van der Waals surface area contributed by atoms with Gasteiger partial charge >= 0.3 is 6.09 Å². The molecule has 1 rings (SSSR count). The highest BCUT2D eigenvalue weighted by Gasteiger charge is 2.37. The van der Waals surface area contributed by atoms with Gasteiger partial charge in [0.15, 0.2) is 5.78 Å². The lowest BCUT2D eigenvalue weighted by Crippen LogP contribution is -2.46. The molecule has 0 saturated carbocycles. The van der Waals surface area contributed by atoms with Gasteiger partial charge in [0, 0.05) is 44.9 Å². The van der Waals surface area contributed by atoms with Crippen LogP contribution in [0.2, 0.25) is 0 Å². The predicted molar refractivity (Wildman–Crippen MR) is 74.0 cm³/mol. The molecule has 1 amide bonds. The van der Waals surface area contributed by atoms with Crippen molar-refractivity contribution in [3.63, 3.8) is 0 Å². The third-order valence-electron chi connectivity index (χ3n) is 3.39. The van der Waals surface area contributed by atoms with Gasteiger partial charge in [0.05, 0.1) is 0 Å². The van der Waals surface area contributed by atoms with Gasteiger partial charge in [0.25, 0.3) is 0 Å². The topological polar surface area (TPSA) is 60.9 Å². The lowest BCUT2D eigenvalue weighted by Gasteiger charge is -2.37. The summed E-state index contributed by atoms with van der Waals surface area (Å²) >= 11 is 0. The molecule has 1 aliphatic rings. The molecule has 108 valence electrons. The Kier molecular flexibility index (Phi) is 4.61. The van der Waals surface area contributed by atoms with Gasteiger partial charge in [0.1, 0.15) is 0 Å². The zero-order valence-corrected chi connectivity index (χ0v) is 12.4. The maximum atomic E-state index is 12.1. The van der Waals surface area contributed by atoms with Crippen LogP contribution in [0.4, 0.5) is 4.79 Å². The predicted octanol–water partition coefficient (Wildman–Crippen LogP) is 2.19. The lowest BCUT2D eigenvalue weighted by molar-refractivity contribution is -0.115. The number of Topliss-reactive ketones (excluding diaryl/α,β-unsaturated/α-hetero) is 1. The number of nitrogens with zero attached hydrogens (tertiary/aromatic N) is 2. The summed E-state index contributed by atoms with van der Waals surface area (Å²) in [4.78, 5) is 26.7. The van der Waals surface area contributed by atoms with Crippen LogP contribution >= 0.6 is 0 Å². The van der Waals surface area contributed by atoms with Crippen LogP contribution in [0.5, 0.6) is 0 Å². The molecule has 1 heterocycles. The van der Waals surface area contributed by atoms with Crippen LogP contribution in [0.3, 0.4) is 0 Å². The van der Waals surface area contributed by atoms with E-state index in [1.54, 1.807) is 0 Å². The molecule has 1 unspecified atom stereocenters. The molecule has 1 fully saturated rings. The molecule has 0 aliphatic carbocycles. The third-order valence-corrected chi connectivity index (χ3v) is 3.39. The van der Waals surface area contributed by atoms with Crippen LogP contribution in [-0.4, -0.2) is 53.5 Å². The Hall–Kier alpha value is -1.52. The van der Waals surface area contributed by atoms with Crippen LogP contribution in [0, 0.1) is 5.41 Å². The van der Waals surface area contributed by atoms with Crippen molar-refractivity contribution >= 4 is 11.9 Å². The fourth-order valence-corrected chi connectivity index (χ4v) is 2.41. The first kappa shape index (κ1) is 15.5. The van der Waals surface area contributed by atoms with E-state index in [2.05, 4.69) is 0 Å². The first-order valence-corrected chi connectivity index (χ1v) is 6.53. The second-order valence-electron chi connectivity index (χ2n) is 6.35. The van der Waals surface area contributed by atoms with E-state index < -0.39 is 6.09 Å². The minimum Gasteiger partial charge on any atom is -0.465 e. The Labute approximate surface area is 114 Å². The van der Waals surface area contributed by atoms with Crippen LogP contribution in [0.15, 0.2) is 11.8 Å². The van der Waals surface area contributed by atoms with Crippen LogP contribution in [0.25, 0.3) is 0 Å². The highest BCUT2D eigenvalue weighted by molar-refractivity contribution is 5.96. The van der Waals surface area contributed by atoms with Gasteiger partial charge in [-0.1, -0.05) is 20.8 Å². The molecule has 19 heavy (non-hydrogen) atoms. The Morgan fingerprint density at radius 2 is 2.00 bits per heavy atom. The number of amides is 1. The summed E-state index contributed by atoms with van der Waals surface area (Å²) in [6.45, 7) is 6.31. The average Bonchev–Trinajstić information content (AvgIpc) is 2.38. The number of hydrogen-bond acceptors (Lipinski definition) is 3. The summed E-state index contributed by atoms with van der Waals surface area (Å²) in [5, 5.41) is 9.34. The number of carbonyl (C=O) groups is 2. The highest BCUT2D eigenvalue weighted by atomic mass is 16.4. The van der Waals surface area contributed by atoms with Crippen LogP contribution in [-0.2, 0) is 4.79 Å². The Morgan fingerprint density at radius 1 is 1.42 bits per heavy atom. The van der Waals surface area contributed by atoms with E-state index in [0.29, 0.717) is 12.0 Å². The zero-order chi connectivity index (χ0) is 14.8. The molecule has 0 aromatic carbocycles. The van der Waals surface area contributed by atoms with Crippen molar-refractivity contribution in [2.24, 2.45) is 5.41 Å². The number of rotatable bonds is 1. The second kappa shape index (κ2) is 5.63. The summed E-state index contributed by atoms with van der Waals surface area (Å²) in [6.07, 6.45) is 1.61. The summed E-state index contributed by atoms with van der Waals surface area (Å²) in [6, 6.07) is -0.178. The fourth-order valence-electron chi connectivity index (χ4n) is 2.41. The smallest absolute Gasteiger partial charge is 0.407 e. The third kappa shape index (κ3) is 3.98. The normalized spacial score (nSPS) is 23.4. The molecule has 0 spiro atoms. The van der Waals surface area contributed by atoms with Gasteiger partial charge in [-0.15, -0.1) is 0 Å². The van der Waals surface area contributed by atoms with Gasteiger partial charge in [-0.3, -0.25) is 4.79 Å². The van der Waals surface area contributed by atoms with Crippen LogP contribution < -0.4 is 0 Å². The van der Waals surface area contributed by atoms with Crippen LogP contribution in [0.1, 0.15) is 33.6 Å². The molecule has 5 nitrogen and oxygen atoms in total. The number of carbonyl (C=O) groups excluding carboxylic acids is 1. The lowest BCUT2D eigenvalue weighted by atomic mass is 9.82. The van der Waals surface area contributed by atoms with Gasteiger partial charge in [-0.2, -0.15) is 0 Å². The Balaban J connectivity index is 3.13. The Morgan fingerprint density at radius 3 is 2.42 bits per heavy atom. The van der Waals surface area contributed by atoms with E-state index in [0.717, 1.165) is 0 Å². The van der Waals surface area contributed by atoms with Crippen molar-refractivity contribution in [3.8, 4) is 0 Å². The largest absolute Gasteiger partial charge is 0.465 e. The van der Waals surface area contributed by atoms with E-state index in [1.807, 2.05) is 46.0 Å². The van der Waals surface area contributed by atoms with Crippen molar-refractivity contribution in [1.82, 2.24) is 9.80 Å². The monoisotopic (exact) mass is 268 g/mol.